The van der Waals surface area contributed by atoms with Crippen LogP contribution in [0.3, 0.4) is 0 Å². The summed E-state index contributed by atoms with van der Waals surface area (Å²) < 4.78 is 0. The molecule has 3 heteroatoms. The summed E-state index contributed by atoms with van der Waals surface area (Å²) in [7, 11) is 0. The van der Waals surface area contributed by atoms with Gasteiger partial charge in [-0.1, -0.05) is 12.1 Å². The van der Waals surface area contributed by atoms with Crippen LogP contribution in [0, 0.1) is 0 Å². The second-order valence-electron chi connectivity index (χ2n) is 4.89. The molecule has 1 aromatic carbocycles. The van der Waals surface area contributed by atoms with Crippen molar-refractivity contribution in [1.29, 1.82) is 0 Å². The number of amides is 1. The van der Waals surface area contributed by atoms with Gasteiger partial charge in [-0.15, -0.1) is 0 Å². The van der Waals surface area contributed by atoms with Crippen LogP contribution in [0.2, 0.25) is 0 Å². The summed E-state index contributed by atoms with van der Waals surface area (Å²) in [6, 6.07) is 4.33. The maximum Gasteiger partial charge on any atom is 0.227 e. The number of rotatable bonds is 2. The Hall–Kier alpha value is -1.35. The summed E-state index contributed by atoms with van der Waals surface area (Å²) in [5, 5.41) is 9.03. The number of anilines is 1. The molecular formula is C14H17NO2. The van der Waals surface area contributed by atoms with E-state index in [2.05, 4.69) is 12.1 Å². The molecule has 0 fully saturated rings. The molecule has 3 rings (SSSR count). The predicted octanol–water partition coefficient (Wildman–Crippen LogP) is 1.45. The maximum absolute atomic E-state index is 11.9. The summed E-state index contributed by atoms with van der Waals surface area (Å²) in [5.41, 5.74) is 4.97. The van der Waals surface area contributed by atoms with E-state index in [0.717, 1.165) is 25.8 Å². The van der Waals surface area contributed by atoms with Crippen LogP contribution in [0.1, 0.15) is 29.5 Å². The highest BCUT2D eigenvalue weighted by molar-refractivity contribution is 5.97. The third-order valence-electron chi connectivity index (χ3n) is 3.74. The smallest absolute Gasteiger partial charge is 0.227 e. The molecule has 2 aliphatic rings. The van der Waals surface area contributed by atoms with E-state index in [1.807, 2.05) is 4.90 Å². The van der Waals surface area contributed by atoms with Crippen LogP contribution >= 0.6 is 0 Å². The number of aryl methyl sites for hydroxylation is 2. The Bertz CT molecular complexity index is 450. The van der Waals surface area contributed by atoms with Gasteiger partial charge in [-0.05, 0) is 42.4 Å². The molecule has 0 bridgehead atoms. The first-order valence-corrected chi connectivity index (χ1v) is 6.35. The normalized spacial score (nSPS) is 18.2. The maximum atomic E-state index is 11.9. The van der Waals surface area contributed by atoms with E-state index < -0.39 is 0 Å². The average Bonchev–Trinajstić information content (AvgIpc) is 2.34. The molecule has 1 aromatic rings. The van der Waals surface area contributed by atoms with Gasteiger partial charge in [0.05, 0.1) is 5.69 Å². The van der Waals surface area contributed by atoms with E-state index in [1.54, 1.807) is 0 Å². The average molecular weight is 231 g/mol. The first-order valence-electron chi connectivity index (χ1n) is 6.35. The van der Waals surface area contributed by atoms with Crippen LogP contribution in [0.4, 0.5) is 5.69 Å². The highest BCUT2D eigenvalue weighted by Gasteiger charge is 2.29. The molecule has 1 N–H and O–H groups in total. The van der Waals surface area contributed by atoms with Crippen molar-refractivity contribution in [2.45, 2.75) is 32.1 Å². The molecule has 3 nitrogen and oxygen atoms in total. The van der Waals surface area contributed by atoms with Crippen LogP contribution in [0.5, 0.6) is 0 Å². The Morgan fingerprint density at radius 1 is 1.18 bits per heavy atom. The zero-order valence-electron chi connectivity index (χ0n) is 9.91. The monoisotopic (exact) mass is 231 g/mol. The molecule has 0 radical (unpaired) electrons. The molecule has 0 saturated heterocycles. The summed E-state index contributed by atoms with van der Waals surface area (Å²) in [5.74, 6) is 0.272. The van der Waals surface area contributed by atoms with Crippen molar-refractivity contribution in [3.63, 3.8) is 0 Å². The Morgan fingerprint density at radius 2 is 1.94 bits per heavy atom. The molecule has 0 unspecified atom stereocenters. The van der Waals surface area contributed by atoms with Crippen molar-refractivity contribution >= 4 is 11.6 Å². The lowest BCUT2D eigenvalue weighted by atomic mass is 9.89. The lowest BCUT2D eigenvalue weighted by Crippen LogP contribution is -2.39. The van der Waals surface area contributed by atoms with Gasteiger partial charge < -0.3 is 10.0 Å². The Labute approximate surface area is 101 Å². The first-order chi connectivity index (χ1) is 8.29. The molecule has 17 heavy (non-hydrogen) atoms. The quantitative estimate of drug-likeness (QED) is 0.837. The molecule has 0 atom stereocenters. The van der Waals surface area contributed by atoms with Crippen LogP contribution in [0.25, 0.3) is 0 Å². The number of nitrogens with zero attached hydrogens (tertiary/aromatic N) is 1. The molecule has 1 amide bonds. The van der Waals surface area contributed by atoms with Gasteiger partial charge in [0.1, 0.15) is 0 Å². The molecule has 90 valence electrons. The lowest BCUT2D eigenvalue weighted by Gasteiger charge is -2.35. The van der Waals surface area contributed by atoms with Gasteiger partial charge in [0.25, 0.3) is 0 Å². The Morgan fingerprint density at radius 3 is 2.71 bits per heavy atom. The van der Waals surface area contributed by atoms with Gasteiger partial charge in [0.15, 0.2) is 0 Å². The van der Waals surface area contributed by atoms with E-state index >= 15 is 0 Å². The van der Waals surface area contributed by atoms with E-state index in [-0.39, 0.29) is 12.5 Å². The van der Waals surface area contributed by atoms with Crippen molar-refractivity contribution in [3.8, 4) is 0 Å². The zero-order valence-corrected chi connectivity index (χ0v) is 9.91. The van der Waals surface area contributed by atoms with Crippen molar-refractivity contribution in [1.82, 2.24) is 0 Å². The Balaban J connectivity index is 2.10. The summed E-state index contributed by atoms with van der Waals surface area (Å²) in [6.45, 7) is 1.07. The third kappa shape index (κ3) is 1.75. The van der Waals surface area contributed by atoms with E-state index in [1.165, 1.54) is 22.4 Å². The number of hydrogen-bond acceptors (Lipinski definition) is 2. The third-order valence-corrected chi connectivity index (χ3v) is 3.74. The van der Waals surface area contributed by atoms with Gasteiger partial charge in [0, 0.05) is 19.6 Å². The number of benzene rings is 1. The number of aliphatic hydroxyl groups is 1. The number of aliphatic hydroxyl groups excluding tert-OH is 1. The topological polar surface area (TPSA) is 40.5 Å². The Kier molecular flexibility index (Phi) is 2.63. The van der Waals surface area contributed by atoms with Gasteiger partial charge in [-0.2, -0.15) is 0 Å². The fourth-order valence-electron chi connectivity index (χ4n) is 3.00. The minimum atomic E-state index is 0.195. The van der Waals surface area contributed by atoms with Crippen LogP contribution in [0.15, 0.2) is 12.1 Å². The standard InChI is InChI=1S/C14H17NO2/c16-7-5-10-8-11-2-1-6-15-13(17)4-3-12(9-10)14(11)15/h8-9,16H,1-7H2. The van der Waals surface area contributed by atoms with Gasteiger partial charge in [0.2, 0.25) is 5.91 Å². The van der Waals surface area contributed by atoms with E-state index in [4.69, 9.17) is 5.11 Å². The van der Waals surface area contributed by atoms with E-state index in [9.17, 15) is 4.79 Å². The minimum Gasteiger partial charge on any atom is -0.396 e. The lowest BCUT2D eigenvalue weighted by molar-refractivity contribution is -0.119. The summed E-state index contributed by atoms with van der Waals surface area (Å²) >= 11 is 0. The van der Waals surface area contributed by atoms with Crippen molar-refractivity contribution in [2.75, 3.05) is 18.1 Å². The number of hydrogen-bond donors (Lipinski definition) is 1. The minimum absolute atomic E-state index is 0.195. The largest absolute Gasteiger partial charge is 0.396 e. The SMILES string of the molecule is O=C1CCc2cc(CCO)cc3c2N1CCC3. The molecule has 2 aliphatic heterocycles. The predicted molar refractivity (Wildman–Crippen MR) is 66.2 cm³/mol. The van der Waals surface area contributed by atoms with Crippen molar-refractivity contribution in [2.24, 2.45) is 0 Å². The fraction of sp³-hybridized carbons (Fsp3) is 0.500. The van der Waals surface area contributed by atoms with Gasteiger partial charge in [-0.25, -0.2) is 0 Å². The summed E-state index contributed by atoms with van der Waals surface area (Å²) in [4.78, 5) is 13.8. The van der Waals surface area contributed by atoms with Gasteiger partial charge >= 0.3 is 0 Å². The molecule has 0 aromatic heterocycles. The highest BCUT2D eigenvalue weighted by Crippen LogP contribution is 2.36. The second-order valence-corrected chi connectivity index (χ2v) is 4.89. The number of carbonyl (C=O) groups is 1. The molecule has 0 saturated carbocycles. The summed E-state index contributed by atoms with van der Waals surface area (Å²) in [6.07, 6.45) is 4.33. The highest BCUT2D eigenvalue weighted by atomic mass is 16.3. The van der Waals surface area contributed by atoms with Crippen LogP contribution < -0.4 is 4.90 Å². The van der Waals surface area contributed by atoms with Crippen molar-refractivity contribution < 1.29 is 9.90 Å². The van der Waals surface area contributed by atoms with Gasteiger partial charge in [-0.3, -0.25) is 4.79 Å². The fourth-order valence-corrected chi connectivity index (χ4v) is 3.00. The zero-order chi connectivity index (χ0) is 11.8. The van der Waals surface area contributed by atoms with Crippen LogP contribution in [-0.4, -0.2) is 24.2 Å². The molecule has 0 aliphatic carbocycles. The first kappa shape index (κ1) is 10.8. The molecule has 2 heterocycles. The second kappa shape index (κ2) is 4.15. The number of carbonyl (C=O) groups excluding carboxylic acids is 1. The van der Waals surface area contributed by atoms with E-state index in [0.29, 0.717) is 12.8 Å². The molecule has 0 spiro atoms. The van der Waals surface area contributed by atoms with Crippen molar-refractivity contribution in [3.05, 3.63) is 28.8 Å². The van der Waals surface area contributed by atoms with Crippen LogP contribution in [-0.2, 0) is 24.1 Å². The molecular weight excluding hydrogens is 214 g/mol.